The predicted octanol–water partition coefficient (Wildman–Crippen LogP) is 3.28. The molecule has 9 heteroatoms. The summed E-state index contributed by atoms with van der Waals surface area (Å²) in [6, 6.07) is 15.1. The molecule has 1 fully saturated rings. The van der Waals surface area contributed by atoms with Gasteiger partial charge in [-0.25, -0.2) is 8.42 Å². The van der Waals surface area contributed by atoms with Gasteiger partial charge in [-0.1, -0.05) is 41.0 Å². The lowest BCUT2D eigenvalue weighted by atomic mass is 9.89. The molecule has 2 aromatic carbocycles. The van der Waals surface area contributed by atoms with E-state index in [1.165, 1.54) is 4.31 Å². The summed E-state index contributed by atoms with van der Waals surface area (Å²) < 4.78 is 27.3. The Morgan fingerprint density at radius 2 is 1.97 bits per heavy atom. The smallest absolute Gasteiger partial charge is 0.273 e. The molecule has 0 bridgehead atoms. The van der Waals surface area contributed by atoms with Crippen molar-refractivity contribution in [3.8, 4) is 0 Å². The molecule has 1 spiro atoms. The van der Waals surface area contributed by atoms with Crippen LogP contribution in [0, 0.1) is 0 Å². The highest BCUT2D eigenvalue weighted by Crippen LogP contribution is 2.35. The van der Waals surface area contributed by atoms with E-state index in [-0.39, 0.29) is 29.5 Å². The number of nitrogens with one attached hydrogen (secondary N) is 1. The first kappa shape index (κ1) is 19.9. The number of piperidine rings is 1. The molecule has 0 aromatic heterocycles. The largest absolute Gasteiger partial charge is 0.387 e. The highest BCUT2D eigenvalue weighted by atomic mass is 35.5. The van der Waals surface area contributed by atoms with Crippen LogP contribution >= 0.6 is 11.6 Å². The molecule has 2 aliphatic rings. The summed E-state index contributed by atoms with van der Waals surface area (Å²) in [4.78, 5) is 18.4. The number of amides is 1. The highest BCUT2D eigenvalue weighted by Gasteiger charge is 2.47. The van der Waals surface area contributed by atoms with Crippen LogP contribution in [0.15, 0.2) is 64.6 Å². The lowest BCUT2D eigenvalue weighted by Crippen LogP contribution is -2.50. The zero-order chi connectivity index (χ0) is 20.5. The molecule has 7 nitrogen and oxygen atoms in total. The number of carbonyl (C=O) groups is 1. The Bertz CT molecular complexity index is 1060. The van der Waals surface area contributed by atoms with Gasteiger partial charge in [-0.05, 0) is 43.2 Å². The van der Waals surface area contributed by atoms with Crippen molar-refractivity contribution >= 4 is 38.9 Å². The molecule has 0 radical (unpaired) electrons. The molecular weight excluding hydrogens is 414 g/mol. The molecule has 152 valence electrons. The third-order valence-corrected chi connectivity index (χ3v) is 7.16. The Hall–Kier alpha value is -2.42. The molecule has 0 unspecified atom stereocenters. The van der Waals surface area contributed by atoms with Gasteiger partial charge >= 0.3 is 0 Å². The fourth-order valence-electron chi connectivity index (χ4n) is 3.64. The van der Waals surface area contributed by atoms with Crippen LogP contribution in [-0.2, 0) is 19.7 Å². The molecule has 0 saturated carbocycles. The van der Waals surface area contributed by atoms with E-state index in [0.717, 1.165) is 0 Å². The van der Waals surface area contributed by atoms with Crippen LogP contribution in [0.5, 0.6) is 0 Å². The zero-order valence-electron chi connectivity index (χ0n) is 15.5. The summed E-state index contributed by atoms with van der Waals surface area (Å²) in [5.41, 5.74) is -0.0202. The molecule has 2 aliphatic heterocycles. The minimum atomic E-state index is -3.63. The monoisotopic (exact) mass is 433 g/mol. The van der Waals surface area contributed by atoms with Gasteiger partial charge in [-0.15, -0.1) is 0 Å². The average Bonchev–Trinajstić information content (AvgIpc) is 3.12. The number of carbonyl (C=O) groups excluding carboxylic acids is 1. The Morgan fingerprint density at radius 3 is 2.72 bits per heavy atom. The number of oxime groups is 1. The fourth-order valence-corrected chi connectivity index (χ4v) is 5.40. The van der Waals surface area contributed by atoms with Gasteiger partial charge in [0, 0.05) is 23.7 Å². The Kier molecular flexibility index (Phi) is 5.33. The number of hydrogen-bond acceptors (Lipinski definition) is 5. The Balaban J connectivity index is 1.46. The first-order valence-corrected chi connectivity index (χ1v) is 11.1. The van der Waals surface area contributed by atoms with E-state index in [9.17, 15) is 13.2 Å². The van der Waals surface area contributed by atoms with Gasteiger partial charge < -0.3 is 10.2 Å². The third kappa shape index (κ3) is 4.14. The number of rotatable bonds is 4. The normalized spacial score (nSPS) is 22.2. The topological polar surface area (TPSA) is 88.1 Å². The third-order valence-electron chi connectivity index (χ3n) is 5.07. The molecule has 1 atom stereocenters. The summed E-state index contributed by atoms with van der Waals surface area (Å²) >= 11 is 5.95. The summed E-state index contributed by atoms with van der Waals surface area (Å²) in [7, 11) is -3.63. The van der Waals surface area contributed by atoms with Crippen molar-refractivity contribution in [3.63, 3.8) is 0 Å². The molecular formula is C20H20ClN3O4S. The van der Waals surface area contributed by atoms with Crippen molar-refractivity contribution in [3.05, 3.63) is 59.6 Å². The van der Waals surface area contributed by atoms with Crippen molar-refractivity contribution in [2.75, 3.05) is 18.4 Å². The van der Waals surface area contributed by atoms with Crippen LogP contribution in [0.2, 0.25) is 5.02 Å². The quantitative estimate of drug-likeness (QED) is 0.801. The zero-order valence-corrected chi connectivity index (χ0v) is 17.1. The van der Waals surface area contributed by atoms with Crippen LogP contribution in [0.3, 0.4) is 0 Å². The summed E-state index contributed by atoms with van der Waals surface area (Å²) in [5.74, 6) is -0.382. The number of benzene rings is 2. The van der Waals surface area contributed by atoms with Crippen LogP contribution in [0.1, 0.15) is 19.3 Å². The SMILES string of the molecule is O=C(Nc1cccc(Cl)c1)C1=NO[C@@]2(CCCN(S(=O)(=O)c3ccccc3)C2)C1. The molecule has 1 saturated heterocycles. The van der Waals surface area contributed by atoms with E-state index in [1.807, 2.05) is 0 Å². The maximum atomic E-state index is 13.0. The van der Waals surface area contributed by atoms with Crippen LogP contribution in [0.25, 0.3) is 0 Å². The van der Waals surface area contributed by atoms with Gasteiger partial charge in [0.05, 0.1) is 11.4 Å². The average molecular weight is 434 g/mol. The van der Waals surface area contributed by atoms with E-state index in [2.05, 4.69) is 10.5 Å². The van der Waals surface area contributed by atoms with Gasteiger partial charge in [-0.2, -0.15) is 4.31 Å². The first-order chi connectivity index (χ1) is 13.9. The van der Waals surface area contributed by atoms with E-state index >= 15 is 0 Å². The Morgan fingerprint density at radius 1 is 1.17 bits per heavy atom. The van der Waals surface area contributed by atoms with E-state index in [1.54, 1.807) is 54.6 Å². The summed E-state index contributed by atoms with van der Waals surface area (Å²) in [5, 5.41) is 7.23. The van der Waals surface area contributed by atoms with Gasteiger partial charge in [0.2, 0.25) is 10.0 Å². The number of anilines is 1. The second-order valence-electron chi connectivity index (χ2n) is 7.21. The maximum Gasteiger partial charge on any atom is 0.273 e. The van der Waals surface area contributed by atoms with Crippen LogP contribution in [-0.4, -0.2) is 43.0 Å². The molecule has 29 heavy (non-hydrogen) atoms. The van der Waals surface area contributed by atoms with Gasteiger partial charge in [0.25, 0.3) is 5.91 Å². The predicted molar refractivity (Wildman–Crippen MR) is 110 cm³/mol. The van der Waals surface area contributed by atoms with E-state index in [0.29, 0.717) is 30.1 Å². The minimum Gasteiger partial charge on any atom is -0.387 e. The van der Waals surface area contributed by atoms with Crippen LogP contribution in [0.4, 0.5) is 5.69 Å². The molecule has 0 aliphatic carbocycles. The van der Waals surface area contributed by atoms with Crippen molar-refractivity contribution < 1.29 is 18.0 Å². The number of halogens is 1. The molecule has 2 aromatic rings. The second-order valence-corrected chi connectivity index (χ2v) is 9.58. The van der Waals surface area contributed by atoms with Crippen molar-refractivity contribution in [1.29, 1.82) is 0 Å². The lowest BCUT2D eigenvalue weighted by molar-refractivity contribution is -0.110. The maximum absolute atomic E-state index is 13.0. The first-order valence-electron chi connectivity index (χ1n) is 9.25. The number of nitrogens with zero attached hydrogens (tertiary/aromatic N) is 2. The van der Waals surface area contributed by atoms with Gasteiger partial charge in [-0.3, -0.25) is 4.79 Å². The minimum absolute atomic E-state index is 0.154. The highest BCUT2D eigenvalue weighted by molar-refractivity contribution is 7.89. The van der Waals surface area contributed by atoms with Crippen molar-refractivity contribution in [2.24, 2.45) is 5.16 Å². The summed E-state index contributed by atoms with van der Waals surface area (Å²) in [6.07, 6.45) is 1.51. The lowest BCUT2D eigenvalue weighted by Gasteiger charge is -2.37. The molecule has 4 rings (SSSR count). The van der Waals surface area contributed by atoms with Gasteiger partial charge in [0.15, 0.2) is 5.60 Å². The van der Waals surface area contributed by atoms with Crippen molar-refractivity contribution in [2.45, 2.75) is 29.8 Å². The standard InChI is InChI=1S/C20H20ClN3O4S/c21-15-6-4-7-16(12-15)22-19(25)18-13-20(28-23-18)10-5-11-24(14-20)29(26,27)17-8-2-1-3-9-17/h1-4,6-9,12H,5,10-11,13-14H2,(H,22,25)/t20-/m0/s1. The molecule has 1 amide bonds. The summed E-state index contributed by atoms with van der Waals surface area (Å²) in [6.45, 7) is 0.564. The Labute approximate surface area is 174 Å². The van der Waals surface area contributed by atoms with E-state index in [4.69, 9.17) is 16.4 Å². The van der Waals surface area contributed by atoms with Crippen LogP contribution < -0.4 is 5.32 Å². The molecule has 1 N–H and O–H groups in total. The number of sulfonamides is 1. The van der Waals surface area contributed by atoms with Crippen molar-refractivity contribution in [1.82, 2.24) is 4.31 Å². The van der Waals surface area contributed by atoms with E-state index < -0.39 is 15.6 Å². The van der Waals surface area contributed by atoms with Gasteiger partial charge in [0.1, 0.15) is 5.71 Å². The fraction of sp³-hybridized carbons (Fsp3) is 0.300. The number of hydrogen-bond donors (Lipinski definition) is 1. The second kappa shape index (κ2) is 7.78. The molecule has 2 heterocycles.